The fraction of sp³-hybridized carbons (Fsp3) is 0.533. The minimum absolute atomic E-state index is 0.0999. The van der Waals surface area contributed by atoms with Gasteiger partial charge in [0.1, 0.15) is 0 Å². The second kappa shape index (κ2) is 7.03. The summed E-state index contributed by atoms with van der Waals surface area (Å²) in [5.41, 5.74) is 0.887. The molecule has 0 heterocycles. The summed E-state index contributed by atoms with van der Waals surface area (Å²) in [5.74, 6) is 0.514. The predicted octanol–water partition coefficient (Wildman–Crippen LogP) is 2.53. The number of nitrogens with one attached hydrogen (secondary N) is 2. The van der Waals surface area contributed by atoms with Crippen LogP contribution in [0.25, 0.3) is 0 Å². The van der Waals surface area contributed by atoms with Crippen LogP contribution in [-0.2, 0) is 6.54 Å². The first kappa shape index (κ1) is 14.5. The minimum Gasteiger partial charge on any atom is -0.504 e. The number of rotatable bonds is 4. The summed E-state index contributed by atoms with van der Waals surface area (Å²) < 4.78 is 5.04. The fourth-order valence-corrected chi connectivity index (χ4v) is 2.50. The molecule has 2 rings (SSSR count). The van der Waals surface area contributed by atoms with E-state index < -0.39 is 0 Å². The van der Waals surface area contributed by atoms with Crippen LogP contribution in [0, 0.1) is 0 Å². The predicted molar refractivity (Wildman–Crippen MR) is 76.9 cm³/mol. The number of hydrogen-bond donors (Lipinski definition) is 3. The largest absolute Gasteiger partial charge is 0.504 e. The van der Waals surface area contributed by atoms with Crippen molar-refractivity contribution in [1.82, 2.24) is 10.6 Å². The Morgan fingerprint density at radius 3 is 2.80 bits per heavy atom. The highest BCUT2D eigenvalue weighted by atomic mass is 16.5. The van der Waals surface area contributed by atoms with Gasteiger partial charge in [0.05, 0.1) is 7.11 Å². The number of phenols is 1. The smallest absolute Gasteiger partial charge is 0.315 e. The van der Waals surface area contributed by atoms with E-state index in [1.807, 2.05) is 0 Å². The summed E-state index contributed by atoms with van der Waals surface area (Å²) >= 11 is 0. The molecule has 5 nitrogen and oxygen atoms in total. The molecule has 0 aromatic heterocycles. The summed E-state index contributed by atoms with van der Waals surface area (Å²) in [7, 11) is 1.50. The summed E-state index contributed by atoms with van der Waals surface area (Å²) in [5, 5.41) is 15.3. The quantitative estimate of drug-likeness (QED) is 0.792. The molecule has 0 spiro atoms. The van der Waals surface area contributed by atoms with Gasteiger partial charge in [-0.2, -0.15) is 0 Å². The molecule has 0 radical (unpaired) electrons. The van der Waals surface area contributed by atoms with Crippen molar-refractivity contribution in [3.8, 4) is 11.5 Å². The van der Waals surface area contributed by atoms with Crippen LogP contribution in [-0.4, -0.2) is 24.3 Å². The number of carbonyl (C=O) groups excluding carboxylic acids is 1. The topological polar surface area (TPSA) is 70.6 Å². The number of amides is 2. The van der Waals surface area contributed by atoms with Crippen molar-refractivity contribution in [2.24, 2.45) is 0 Å². The number of methoxy groups -OCH3 is 1. The van der Waals surface area contributed by atoms with E-state index in [1.54, 1.807) is 18.2 Å². The average molecular weight is 278 g/mol. The third-order valence-corrected chi connectivity index (χ3v) is 3.64. The second-order valence-corrected chi connectivity index (χ2v) is 5.17. The number of phenolic OH excluding ortho intramolecular Hbond substituents is 1. The van der Waals surface area contributed by atoms with Crippen LogP contribution in [0.4, 0.5) is 4.79 Å². The van der Waals surface area contributed by atoms with Gasteiger partial charge in [0.15, 0.2) is 11.5 Å². The monoisotopic (exact) mass is 278 g/mol. The lowest BCUT2D eigenvalue weighted by Crippen LogP contribution is -2.42. The summed E-state index contributed by atoms with van der Waals surface area (Å²) in [6.07, 6.45) is 5.80. The maximum atomic E-state index is 11.8. The Balaban J connectivity index is 1.80. The number of hydrogen-bond acceptors (Lipinski definition) is 3. The Labute approximate surface area is 119 Å². The molecule has 1 aromatic rings. The molecule has 1 saturated carbocycles. The lowest BCUT2D eigenvalue weighted by atomic mass is 9.96. The van der Waals surface area contributed by atoms with Gasteiger partial charge < -0.3 is 20.5 Å². The molecule has 0 atom stereocenters. The van der Waals surface area contributed by atoms with E-state index in [0.717, 1.165) is 18.4 Å². The van der Waals surface area contributed by atoms with Gasteiger partial charge in [-0.1, -0.05) is 25.3 Å². The van der Waals surface area contributed by atoms with Gasteiger partial charge in [0.2, 0.25) is 0 Å². The summed E-state index contributed by atoms with van der Waals surface area (Å²) in [6.45, 7) is 0.412. The maximum Gasteiger partial charge on any atom is 0.315 e. The van der Waals surface area contributed by atoms with Crippen LogP contribution in [0.2, 0.25) is 0 Å². The first-order chi connectivity index (χ1) is 9.69. The molecule has 0 saturated heterocycles. The first-order valence-corrected chi connectivity index (χ1v) is 7.09. The van der Waals surface area contributed by atoms with E-state index >= 15 is 0 Å². The molecule has 0 bridgehead atoms. The molecular weight excluding hydrogens is 256 g/mol. The van der Waals surface area contributed by atoms with Gasteiger partial charge in [0, 0.05) is 12.6 Å². The highest BCUT2D eigenvalue weighted by Gasteiger charge is 2.15. The van der Waals surface area contributed by atoms with Crippen LogP contribution in [0.3, 0.4) is 0 Å². The standard InChI is InChI=1S/C15H22N2O3/c1-20-14-9-11(7-8-13(14)18)10-16-15(19)17-12-5-3-2-4-6-12/h7-9,12,18H,2-6,10H2,1H3,(H2,16,17,19). The molecule has 5 heteroatoms. The van der Waals surface area contributed by atoms with Crippen LogP contribution in [0.1, 0.15) is 37.7 Å². The zero-order valence-electron chi connectivity index (χ0n) is 11.8. The lowest BCUT2D eigenvalue weighted by Gasteiger charge is -2.22. The third kappa shape index (κ3) is 4.05. The van der Waals surface area contributed by atoms with Crippen molar-refractivity contribution in [3.05, 3.63) is 23.8 Å². The zero-order valence-corrected chi connectivity index (χ0v) is 11.8. The lowest BCUT2D eigenvalue weighted by molar-refractivity contribution is 0.232. The summed E-state index contributed by atoms with van der Waals surface area (Å²) in [6, 6.07) is 5.21. The Bertz CT molecular complexity index is 456. The number of aromatic hydroxyl groups is 1. The second-order valence-electron chi connectivity index (χ2n) is 5.17. The van der Waals surface area contributed by atoms with Crippen LogP contribution < -0.4 is 15.4 Å². The van der Waals surface area contributed by atoms with Crippen molar-refractivity contribution >= 4 is 6.03 Å². The fourth-order valence-electron chi connectivity index (χ4n) is 2.50. The molecule has 20 heavy (non-hydrogen) atoms. The maximum absolute atomic E-state index is 11.8. The Morgan fingerprint density at radius 2 is 2.10 bits per heavy atom. The molecule has 1 aliphatic carbocycles. The van der Waals surface area contributed by atoms with Crippen molar-refractivity contribution in [2.75, 3.05) is 7.11 Å². The molecule has 3 N–H and O–H groups in total. The molecule has 1 fully saturated rings. The van der Waals surface area contributed by atoms with Crippen molar-refractivity contribution in [1.29, 1.82) is 0 Å². The average Bonchev–Trinajstić information content (AvgIpc) is 2.47. The number of urea groups is 1. The van der Waals surface area contributed by atoms with Gasteiger partial charge in [-0.05, 0) is 30.5 Å². The van der Waals surface area contributed by atoms with Crippen LogP contribution >= 0.6 is 0 Å². The number of carbonyl (C=O) groups is 1. The van der Waals surface area contributed by atoms with Crippen molar-refractivity contribution in [3.63, 3.8) is 0 Å². The Kier molecular flexibility index (Phi) is 5.09. The van der Waals surface area contributed by atoms with Gasteiger partial charge >= 0.3 is 6.03 Å². The van der Waals surface area contributed by atoms with E-state index in [1.165, 1.54) is 26.4 Å². The molecule has 0 unspecified atom stereocenters. The van der Waals surface area contributed by atoms with Crippen LogP contribution in [0.15, 0.2) is 18.2 Å². The number of ether oxygens (including phenoxy) is 1. The van der Waals surface area contributed by atoms with Crippen LogP contribution in [0.5, 0.6) is 11.5 Å². The Morgan fingerprint density at radius 1 is 1.35 bits per heavy atom. The molecule has 1 aromatic carbocycles. The normalized spacial score (nSPS) is 15.7. The first-order valence-electron chi connectivity index (χ1n) is 7.09. The van der Waals surface area contributed by atoms with Gasteiger partial charge in [0.25, 0.3) is 0 Å². The highest BCUT2D eigenvalue weighted by Crippen LogP contribution is 2.26. The van der Waals surface area contributed by atoms with E-state index in [-0.39, 0.29) is 11.8 Å². The zero-order chi connectivity index (χ0) is 14.4. The van der Waals surface area contributed by atoms with E-state index in [4.69, 9.17) is 4.74 Å². The van der Waals surface area contributed by atoms with Crippen molar-refractivity contribution in [2.45, 2.75) is 44.7 Å². The Hall–Kier alpha value is -1.91. The SMILES string of the molecule is COc1cc(CNC(=O)NC2CCCCC2)ccc1O. The van der Waals surface area contributed by atoms with Crippen molar-refractivity contribution < 1.29 is 14.6 Å². The third-order valence-electron chi connectivity index (χ3n) is 3.64. The molecule has 0 aliphatic heterocycles. The molecule has 2 amide bonds. The summed E-state index contributed by atoms with van der Waals surface area (Å²) in [4.78, 5) is 11.8. The minimum atomic E-state index is -0.135. The van der Waals surface area contributed by atoms with E-state index in [0.29, 0.717) is 18.3 Å². The number of benzene rings is 1. The molecular formula is C15H22N2O3. The highest BCUT2D eigenvalue weighted by molar-refractivity contribution is 5.74. The van der Waals surface area contributed by atoms with Gasteiger partial charge in [-0.25, -0.2) is 4.79 Å². The van der Waals surface area contributed by atoms with Gasteiger partial charge in [-0.15, -0.1) is 0 Å². The van der Waals surface area contributed by atoms with E-state index in [2.05, 4.69) is 10.6 Å². The molecule has 110 valence electrons. The van der Waals surface area contributed by atoms with E-state index in [9.17, 15) is 9.90 Å². The molecule has 1 aliphatic rings. The van der Waals surface area contributed by atoms with Gasteiger partial charge in [-0.3, -0.25) is 0 Å².